The van der Waals surface area contributed by atoms with Crippen LogP contribution in [0.4, 0.5) is 0 Å². The van der Waals surface area contributed by atoms with Gasteiger partial charge in [-0.25, -0.2) is 4.98 Å². The van der Waals surface area contributed by atoms with E-state index in [0.717, 1.165) is 23.3 Å². The summed E-state index contributed by atoms with van der Waals surface area (Å²) >= 11 is 0. The molecule has 0 saturated heterocycles. The van der Waals surface area contributed by atoms with E-state index in [-0.39, 0.29) is 0 Å². The lowest BCUT2D eigenvalue weighted by molar-refractivity contribution is 0.969. The molecule has 2 aromatic heterocycles. The average Bonchev–Trinajstić information content (AvgIpc) is 2.78. The van der Waals surface area contributed by atoms with Crippen molar-refractivity contribution in [3.63, 3.8) is 0 Å². The first kappa shape index (κ1) is 11.9. The normalized spacial score (nSPS) is 11.1. The van der Waals surface area contributed by atoms with Crippen molar-refractivity contribution >= 4 is 5.65 Å². The largest absolute Gasteiger partial charge is 0.330 e. The zero-order chi connectivity index (χ0) is 13.2. The van der Waals surface area contributed by atoms with Crippen molar-refractivity contribution in [2.24, 2.45) is 5.73 Å². The summed E-state index contributed by atoms with van der Waals surface area (Å²) in [5.41, 5.74) is 11.2. The fraction of sp³-hybridized carbons (Fsp3) is 0.188. The van der Waals surface area contributed by atoms with Crippen LogP contribution in [0.2, 0.25) is 0 Å². The van der Waals surface area contributed by atoms with Crippen molar-refractivity contribution in [1.29, 1.82) is 0 Å². The number of aromatic nitrogens is 2. The monoisotopic (exact) mass is 251 g/mol. The smallest absolute Gasteiger partial charge is 0.137 e. The molecule has 0 aliphatic heterocycles. The Balaban J connectivity index is 2.06. The Kier molecular flexibility index (Phi) is 3.05. The van der Waals surface area contributed by atoms with Crippen LogP contribution < -0.4 is 5.73 Å². The second-order valence-electron chi connectivity index (χ2n) is 4.71. The molecule has 96 valence electrons. The zero-order valence-corrected chi connectivity index (χ0v) is 11.0. The highest BCUT2D eigenvalue weighted by atomic mass is 15.0. The van der Waals surface area contributed by atoms with Gasteiger partial charge in [0.1, 0.15) is 5.65 Å². The highest BCUT2D eigenvalue weighted by Gasteiger charge is 2.09. The molecule has 19 heavy (non-hydrogen) atoms. The minimum absolute atomic E-state index is 0.687. The number of nitrogens with zero attached hydrogens (tertiary/aromatic N) is 2. The third kappa shape index (κ3) is 2.13. The summed E-state index contributed by atoms with van der Waals surface area (Å²) < 4.78 is 2.11. The van der Waals surface area contributed by atoms with E-state index in [4.69, 9.17) is 10.7 Å². The Morgan fingerprint density at radius 3 is 2.58 bits per heavy atom. The lowest BCUT2D eigenvalue weighted by Gasteiger charge is -2.02. The van der Waals surface area contributed by atoms with Gasteiger partial charge in [0.2, 0.25) is 0 Å². The van der Waals surface area contributed by atoms with Crippen LogP contribution in [0.5, 0.6) is 0 Å². The summed E-state index contributed by atoms with van der Waals surface area (Å²) in [6.45, 7) is 2.79. The van der Waals surface area contributed by atoms with Crippen LogP contribution >= 0.6 is 0 Å². The molecule has 0 aliphatic rings. The van der Waals surface area contributed by atoms with Crippen LogP contribution in [-0.2, 0) is 6.42 Å². The Morgan fingerprint density at radius 2 is 1.89 bits per heavy atom. The molecular weight excluding hydrogens is 234 g/mol. The third-order valence-electron chi connectivity index (χ3n) is 3.43. The summed E-state index contributed by atoms with van der Waals surface area (Å²) in [5.74, 6) is 0. The van der Waals surface area contributed by atoms with E-state index in [1.54, 1.807) is 0 Å². The van der Waals surface area contributed by atoms with Crippen LogP contribution in [0.25, 0.3) is 16.9 Å². The number of pyridine rings is 1. The van der Waals surface area contributed by atoms with Gasteiger partial charge >= 0.3 is 0 Å². The summed E-state index contributed by atoms with van der Waals surface area (Å²) in [7, 11) is 0. The number of aryl methyl sites for hydroxylation is 1. The molecular formula is C16H17N3. The highest BCUT2D eigenvalue weighted by Crippen LogP contribution is 2.24. The van der Waals surface area contributed by atoms with Crippen LogP contribution in [0.1, 0.15) is 11.3 Å². The van der Waals surface area contributed by atoms with E-state index in [9.17, 15) is 0 Å². The molecule has 3 rings (SSSR count). The molecule has 3 nitrogen and oxygen atoms in total. The van der Waals surface area contributed by atoms with Crippen LogP contribution in [0.15, 0.2) is 48.7 Å². The first-order valence-electron chi connectivity index (χ1n) is 6.52. The number of fused-ring (bicyclic) bond motifs is 1. The third-order valence-corrected chi connectivity index (χ3v) is 3.43. The molecule has 2 heterocycles. The molecule has 0 atom stereocenters. The molecule has 0 bridgehead atoms. The van der Waals surface area contributed by atoms with Gasteiger partial charge in [0, 0.05) is 17.5 Å². The second-order valence-corrected chi connectivity index (χ2v) is 4.71. The van der Waals surface area contributed by atoms with Gasteiger partial charge in [0.05, 0.1) is 5.69 Å². The van der Waals surface area contributed by atoms with Crippen molar-refractivity contribution < 1.29 is 0 Å². The molecule has 3 heteroatoms. The average molecular weight is 251 g/mol. The van der Waals surface area contributed by atoms with Gasteiger partial charge < -0.3 is 10.1 Å². The summed E-state index contributed by atoms with van der Waals surface area (Å²) in [4.78, 5) is 4.70. The lowest BCUT2D eigenvalue weighted by Crippen LogP contribution is -2.02. The lowest BCUT2D eigenvalue weighted by atomic mass is 10.1. The summed E-state index contributed by atoms with van der Waals surface area (Å²) in [6.07, 6.45) is 2.97. The van der Waals surface area contributed by atoms with Gasteiger partial charge in [-0.3, -0.25) is 0 Å². The van der Waals surface area contributed by atoms with Crippen molar-refractivity contribution in [3.05, 3.63) is 59.9 Å². The van der Waals surface area contributed by atoms with E-state index in [1.807, 2.05) is 24.4 Å². The minimum atomic E-state index is 0.687. The number of benzene rings is 1. The number of nitrogens with two attached hydrogens (primary N) is 1. The Labute approximate surface area is 112 Å². The number of hydrogen-bond donors (Lipinski definition) is 1. The van der Waals surface area contributed by atoms with Gasteiger partial charge in [-0.05, 0) is 37.6 Å². The molecule has 0 radical (unpaired) electrons. The molecule has 0 unspecified atom stereocenters. The van der Waals surface area contributed by atoms with Gasteiger partial charge in [-0.1, -0.05) is 30.3 Å². The van der Waals surface area contributed by atoms with Gasteiger partial charge in [-0.15, -0.1) is 0 Å². The standard InChI is InChI=1S/C16H17N3/c1-12-16(18-15-4-2-3-11-19(12)15)14-7-5-13(6-8-14)9-10-17/h2-8,11H,9-10,17H2,1H3. The van der Waals surface area contributed by atoms with Crippen LogP contribution in [0, 0.1) is 6.92 Å². The summed E-state index contributed by atoms with van der Waals surface area (Å²) in [6, 6.07) is 14.6. The molecule has 0 fully saturated rings. The van der Waals surface area contributed by atoms with Gasteiger partial charge in [0.25, 0.3) is 0 Å². The first-order valence-corrected chi connectivity index (χ1v) is 6.52. The van der Waals surface area contributed by atoms with Crippen LogP contribution in [0.3, 0.4) is 0 Å². The molecule has 0 saturated carbocycles. The maximum Gasteiger partial charge on any atom is 0.137 e. The van der Waals surface area contributed by atoms with E-state index < -0.39 is 0 Å². The second kappa shape index (κ2) is 4.86. The SMILES string of the molecule is Cc1c(-c2ccc(CCN)cc2)nc2ccccn12. The van der Waals surface area contributed by atoms with Gasteiger partial charge in [-0.2, -0.15) is 0 Å². The van der Waals surface area contributed by atoms with E-state index in [1.165, 1.54) is 11.3 Å². The molecule has 0 spiro atoms. The van der Waals surface area contributed by atoms with Crippen molar-refractivity contribution in [1.82, 2.24) is 9.38 Å². The fourth-order valence-electron chi connectivity index (χ4n) is 2.39. The van der Waals surface area contributed by atoms with Gasteiger partial charge in [0.15, 0.2) is 0 Å². The Bertz CT molecular complexity index is 696. The number of imidazole rings is 1. The molecule has 0 amide bonds. The quantitative estimate of drug-likeness (QED) is 0.778. The van der Waals surface area contributed by atoms with E-state index in [0.29, 0.717) is 6.54 Å². The van der Waals surface area contributed by atoms with Crippen molar-refractivity contribution in [2.75, 3.05) is 6.54 Å². The maximum atomic E-state index is 5.57. The minimum Gasteiger partial charge on any atom is -0.330 e. The zero-order valence-electron chi connectivity index (χ0n) is 11.0. The summed E-state index contributed by atoms with van der Waals surface area (Å²) in [5, 5.41) is 0. The first-order chi connectivity index (χ1) is 9.29. The molecule has 2 N–H and O–H groups in total. The molecule has 3 aromatic rings. The number of rotatable bonds is 3. The fourth-order valence-corrected chi connectivity index (χ4v) is 2.39. The topological polar surface area (TPSA) is 43.3 Å². The van der Waals surface area contributed by atoms with Crippen molar-refractivity contribution in [3.8, 4) is 11.3 Å². The predicted octanol–water partition coefficient (Wildman–Crippen LogP) is 2.81. The van der Waals surface area contributed by atoms with Crippen LogP contribution in [-0.4, -0.2) is 15.9 Å². The van der Waals surface area contributed by atoms with Crippen molar-refractivity contribution in [2.45, 2.75) is 13.3 Å². The molecule has 1 aromatic carbocycles. The molecule has 0 aliphatic carbocycles. The maximum absolute atomic E-state index is 5.57. The van der Waals surface area contributed by atoms with E-state index >= 15 is 0 Å². The Morgan fingerprint density at radius 1 is 1.11 bits per heavy atom. The number of hydrogen-bond acceptors (Lipinski definition) is 2. The Hall–Kier alpha value is -2.13. The predicted molar refractivity (Wildman–Crippen MR) is 78.1 cm³/mol. The van der Waals surface area contributed by atoms with E-state index in [2.05, 4.69) is 35.6 Å². The highest BCUT2D eigenvalue weighted by molar-refractivity contribution is 5.66.